The summed E-state index contributed by atoms with van der Waals surface area (Å²) in [6, 6.07) is 3.48. The van der Waals surface area contributed by atoms with Gasteiger partial charge in [-0.05, 0) is 18.6 Å². The van der Waals surface area contributed by atoms with Gasteiger partial charge in [0.25, 0.3) is 0 Å². The normalized spacial score (nSPS) is 12.5. The molecule has 0 radical (unpaired) electrons. The predicted molar refractivity (Wildman–Crippen MR) is 62.3 cm³/mol. The van der Waals surface area contributed by atoms with Gasteiger partial charge in [-0.25, -0.2) is 8.78 Å². The van der Waals surface area contributed by atoms with Crippen molar-refractivity contribution in [3.63, 3.8) is 0 Å². The quantitative estimate of drug-likeness (QED) is 0.785. The fourth-order valence-corrected chi connectivity index (χ4v) is 1.44. The van der Waals surface area contributed by atoms with Gasteiger partial charge in [0.15, 0.2) is 0 Å². The van der Waals surface area contributed by atoms with Crippen LogP contribution in [0.3, 0.4) is 0 Å². The van der Waals surface area contributed by atoms with Gasteiger partial charge in [-0.1, -0.05) is 19.8 Å². The zero-order chi connectivity index (χ0) is 12.0. The molecule has 0 amide bonds. The monoisotopic (exact) mass is 228 g/mol. The number of rotatable bonds is 6. The van der Waals surface area contributed by atoms with Crippen molar-refractivity contribution in [1.82, 2.24) is 0 Å². The highest BCUT2D eigenvalue weighted by Crippen LogP contribution is 2.14. The molecule has 16 heavy (non-hydrogen) atoms. The fraction of sp³-hybridized carbons (Fsp3) is 0.500. The Kier molecular flexibility index (Phi) is 5.19. The molecule has 0 saturated carbocycles. The van der Waals surface area contributed by atoms with Gasteiger partial charge >= 0.3 is 0 Å². The van der Waals surface area contributed by atoms with Crippen molar-refractivity contribution in [3.05, 3.63) is 29.8 Å². The third-order valence-electron chi connectivity index (χ3n) is 2.41. The number of hydrogen-bond acceptors (Lipinski definition) is 2. The second-order valence-corrected chi connectivity index (χ2v) is 3.91. The summed E-state index contributed by atoms with van der Waals surface area (Å²) in [5.41, 5.74) is 6.13. The van der Waals surface area contributed by atoms with E-state index in [4.69, 9.17) is 5.73 Å². The van der Waals surface area contributed by atoms with Crippen molar-refractivity contribution in [3.8, 4) is 0 Å². The molecule has 0 fully saturated rings. The average molecular weight is 228 g/mol. The molecule has 0 spiro atoms. The minimum atomic E-state index is -0.581. The van der Waals surface area contributed by atoms with Gasteiger partial charge < -0.3 is 11.1 Å². The van der Waals surface area contributed by atoms with E-state index in [1.165, 1.54) is 12.1 Å². The van der Waals surface area contributed by atoms with Crippen LogP contribution in [-0.4, -0.2) is 12.6 Å². The van der Waals surface area contributed by atoms with E-state index in [1.54, 1.807) is 0 Å². The molecule has 1 aromatic carbocycles. The minimum absolute atomic E-state index is 0.00408. The van der Waals surface area contributed by atoms with Crippen LogP contribution in [0.5, 0.6) is 0 Å². The SMILES string of the molecule is CCCCC(N)CNc1ccc(F)cc1F. The smallest absolute Gasteiger partial charge is 0.149 e. The third-order valence-corrected chi connectivity index (χ3v) is 2.41. The molecule has 2 nitrogen and oxygen atoms in total. The Morgan fingerprint density at radius 3 is 2.75 bits per heavy atom. The van der Waals surface area contributed by atoms with Crippen LogP contribution < -0.4 is 11.1 Å². The second-order valence-electron chi connectivity index (χ2n) is 3.91. The highest BCUT2D eigenvalue weighted by molar-refractivity contribution is 5.44. The lowest BCUT2D eigenvalue weighted by molar-refractivity contribution is 0.577. The lowest BCUT2D eigenvalue weighted by Crippen LogP contribution is -2.29. The van der Waals surface area contributed by atoms with Gasteiger partial charge in [-0.2, -0.15) is 0 Å². The molecule has 90 valence electrons. The molecule has 1 unspecified atom stereocenters. The lowest BCUT2D eigenvalue weighted by Gasteiger charge is -2.13. The Balaban J connectivity index is 2.42. The largest absolute Gasteiger partial charge is 0.381 e. The first-order chi connectivity index (χ1) is 7.63. The van der Waals surface area contributed by atoms with E-state index in [-0.39, 0.29) is 6.04 Å². The minimum Gasteiger partial charge on any atom is -0.381 e. The summed E-state index contributed by atoms with van der Waals surface area (Å²) >= 11 is 0. The van der Waals surface area contributed by atoms with E-state index in [9.17, 15) is 8.78 Å². The molecule has 3 N–H and O–H groups in total. The van der Waals surface area contributed by atoms with Crippen LogP contribution in [0, 0.1) is 11.6 Å². The zero-order valence-electron chi connectivity index (χ0n) is 9.47. The Labute approximate surface area is 94.8 Å². The Morgan fingerprint density at radius 2 is 2.12 bits per heavy atom. The molecule has 4 heteroatoms. The molecular formula is C12H18F2N2. The highest BCUT2D eigenvalue weighted by Gasteiger charge is 2.05. The standard InChI is InChI=1S/C12H18F2N2/c1-2-3-4-10(15)8-16-12-6-5-9(13)7-11(12)14/h5-7,10,16H,2-4,8,15H2,1H3. The molecule has 1 atom stereocenters. The van der Waals surface area contributed by atoms with Crippen molar-refractivity contribution in [1.29, 1.82) is 0 Å². The van der Waals surface area contributed by atoms with Crippen molar-refractivity contribution < 1.29 is 8.78 Å². The number of unbranched alkanes of at least 4 members (excludes halogenated alkanes) is 1. The summed E-state index contributed by atoms with van der Waals surface area (Å²) in [7, 11) is 0. The van der Waals surface area contributed by atoms with E-state index in [2.05, 4.69) is 12.2 Å². The molecule has 0 aromatic heterocycles. The number of hydrogen-bond donors (Lipinski definition) is 2. The van der Waals surface area contributed by atoms with Gasteiger partial charge in [-0.3, -0.25) is 0 Å². The van der Waals surface area contributed by atoms with Crippen LogP contribution >= 0.6 is 0 Å². The maximum Gasteiger partial charge on any atom is 0.149 e. The molecule has 0 aliphatic rings. The number of halogens is 2. The first-order valence-corrected chi connectivity index (χ1v) is 5.58. The predicted octanol–water partition coefficient (Wildman–Crippen LogP) is 2.89. The fourth-order valence-electron chi connectivity index (χ4n) is 1.44. The van der Waals surface area contributed by atoms with Gasteiger partial charge in [0.1, 0.15) is 11.6 Å². The zero-order valence-corrected chi connectivity index (χ0v) is 9.47. The first kappa shape index (κ1) is 12.9. The molecule has 1 rings (SSSR count). The second kappa shape index (κ2) is 6.43. The Morgan fingerprint density at radius 1 is 1.38 bits per heavy atom. The van der Waals surface area contributed by atoms with Crippen LogP contribution in [0.1, 0.15) is 26.2 Å². The number of nitrogens with one attached hydrogen (secondary N) is 1. The van der Waals surface area contributed by atoms with Crippen molar-refractivity contribution in [2.45, 2.75) is 32.2 Å². The van der Waals surface area contributed by atoms with Gasteiger partial charge in [-0.15, -0.1) is 0 Å². The maximum atomic E-state index is 13.2. The van der Waals surface area contributed by atoms with Crippen LogP contribution in [0.2, 0.25) is 0 Å². The Bertz CT molecular complexity index is 329. The summed E-state index contributed by atoms with van der Waals surface area (Å²) in [5.74, 6) is -1.15. The summed E-state index contributed by atoms with van der Waals surface area (Å²) in [4.78, 5) is 0. The molecule has 0 saturated heterocycles. The van der Waals surface area contributed by atoms with Crippen molar-refractivity contribution in [2.75, 3.05) is 11.9 Å². The molecular weight excluding hydrogens is 210 g/mol. The van der Waals surface area contributed by atoms with Crippen LogP contribution in [0.25, 0.3) is 0 Å². The van der Waals surface area contributed by atoms with E-state index in [1.807, 2.05) is 0 Å². The number of benzene rings is 1. The summed E-state index contributed by atoms with van der Waals surface area (Å²) in [5, 5.41) is 2.88. The molecule has 0 aliphatic heterocycles. The first-order valence-electron chi connectivity index (χ1n) is 5.58. The highest BCUT2D eigenvalue weighted by atomic mass is 19.1. The van der Waals surface area contributed by atoms with Crippen LogP contribution in [-0.2, 0) is 0 Å². The van der Waals surface area contributed by atoms with Gasteiger partial charge in [0, 0.05) is 18.7 Å². The van der Waals surface area contributed by atoms with E-state index >= 15 is 0 Å². The number of nitrogens with two attached hydrogens (primary N) is 1. The average Bonchev–Trinajstić information content (AvgIpc) is 2.25. The topological polar surface area (TPSA) is 38.0 Å². The number of anilines is 1. The van der Waals surface area contributed by atoms with Gasteiger partial charge in [0.05, 0.1) is 5.69 Å². The Hall–Kier alpha value is -1.16. The lowest BCUT2D eigenvalue weighted by atomic mass is 10.1. The van der Waals surface area contributed by atoms with E-state index in [0.717, 1.165) is 25.3 Å². The summed E-state index contributed by atoms with van der Waals surface area (Å²) < 4.78 is 25.8. The molecule has 1 aromatic rings. The molecule has 0 bridgehead atoms. The maximum absolute atomic E-state index is 13.2. The van der Waals surface area contributed by atoms with E-state index < -0.39 is 11.6 Å². The third kappa shape index (κ3) is 4.14. The summed E-state index contributed by atoms with van der Waals surface area (Å²) in [6.07, 6.45) is 3.07. The van der Waals surface area contributed by atoms with Crippen molar-refractivity contribution in [2.24, 2.45) is 5.73 Å². The van der Waals surface area contributed by atoms with Gasteiger partial charge in [0.2, 0.25) is 0 Å². The molecule has 0 aliphatic carbocycles. The molecule has 0 heterocycles. The van der Waals surface area contributed by atoms with Crippen molar-refractivity contribution >= 4 is 5.69 Å². The van der Waals surface area contributed by atoms with E-state index in [0.29, 0.717) is 12.2 Å². The van der Waals surface area contributed by atoms with Crippen LogP contribution in [0.4, 0.5) is 14.5 Å². The summed E-state index contributed by atoms with van der Waals surface area (Å²) in [6.45, 7) is 2.60. The van der Waals surface area contributed by atoms with Crippen LogP contribution in [0.15, 0.2) is 18.2 Å².